The first-order valence-electron chi connectivity index (χ1n) is 12.2. The molecule has 0 aromatic heterocycles. The Morgan fingerprint density at radius 1 is 0.946 bits per heavy atom. The van der Waals surface area contributed by atoms with Gasteiger partial charge in [-0.3, -0.25) is 14.4 Å². The molecule has 2 heterocycles. The lowest BCUT2D eigenvalue weighted by Gasteiger charge is -2.28. The third-order valence-electron chi connectivity index (χ3n) is 6.35. The van der Waals surface area contributed by atoms with Crippen LogP contribution in [0.2, 0.25) is 0 Å². The molecule has 3 aliphatic rings. The highest BCUT2D eigenvalue weighted by Crippen LogP contribution is 2.45. The van der Waals surface area contributed by atoms with Crippen molar-refractivity contribution in [1.29, 1.82) is 0 Å². The molecule has 9 heteroatoms. The normalized spacial score (nSPS) is 16.7. The summed E-state index contributed by atoms with van der Waals surface area (Å²) in [6.07, 6.45) is 3.79. The number of hydrogen-bond donors (Lipinski definition) is 1. The molecule has 0 atom stereocenters. The molecule has 2 aromatic rings. The summed E-state index contributed by atoms with van der Waals surface area (Å²) in [6.45, 7) is 0.382. The van der Waals surface area contributed by atoms with E-state index in [-0.39, 0.29) is 30.8 Å². The van der Waals surface area contributed by atoms with E-state index in [1.807, 2.05) is 30.3 Å². The number of hydroxylamine groups is 2. The first-order valence-corrected chi connectivity index (χ1v) is 12.2. The van der Waals surface area contributed by atoms with Gasteiger partial charge in [-0.1, -0.05) is 12.1 Å². The van der Waals surface area contributed by atoms with Crippen LogP contribution >= 0.6 is 0 Å². The molecule has 9 nitrogen and oxygen atoms in total. The van der Waals surface area contributed by atoms with Gasteiger partial charge in [-0.05, 0) is 54.7 Å². The van der Waals surface area contributed by atoms with Crippen molar-refractivity contribution < 1.29 is 38.6 Å². The summed E-state index contributed by atoms with van der Waals surface area (Å²) in [5.41, 5.74) is 3.69. The minimum absolute atomic E-state index is 0.0109. The van der Waals surface area contributed by atoms with Gasteiger partial charge < -0.3 is 19.4 Å². The maximum absolute atomic E-state index is 12.0. The van der Waals surface area contributed by atoms with Crippen LogP contribution in [0.5, 0.6) is 17.2 Å². The van der Waals surface area contributed by atoms with Crippen molar-refractivity contribution >= 4 is 29.1 Å². The third-order valence-corrected chi connectivity index (χ3v) is 6.35. The quantitative estimate of drug-likeness (QED) is 0.424. The van der Waals surface area contributed by atoms with Crippen LogP contribution < -0.4 is 9.47 Å². The van der Waals surface area contributed by atoms with E-state index in [4.69, 9.17) is 14.3 Å². The lowest BCUT2D eigenvalue weighted by atomic mass is 9.85. The molecule has 1 aliphatic carbocycles. The number of carbonyl (C=O) groups is 4. The van der Waals surface area contributed by atoms with E-state index in [1.54, 1.807) is 12.1 Å². The van der Waals surface area contributed by atoms with E-state index in [9.17, 15) is 24.3 Å². The van der Waals surface area contributed by atoms with Crippen LogP contribution in [0.1, 0.15) is 56.1 Å². The topological polar surface area (TPSA) is 119 Å². The number of ketones is 1. The fraction of sp³-hybridized carbons (Fsp3) is 0.286. The number of hydrogen-bond acceptors (Lipinski definition) is 8. The number of phenolic OH excluding ortho intramolecular Hbond substituents is 1. The summed E-state index contributed by atoms with van der Waals surface area (Å²) >= 11 is 0. The van der Waals surface area contributed by atoms with Gasteiger partial charge in [0.25, 0.3) is 11.8 Å². The van der Waals surface area contributed by atoms with Gasteiger partial charge in [-0.25, -0.2) is 4.79 Å². The molecule has 0 spiro atoms. The maximum Gasteiger partial charge on any atom is 0.333 e. The highest BCUT2D eigenvalue weighted by molar-refractivity contribution is 6.01. The molecule has 2 amide bonds. The van der Waals surface area contributed by atoms with E-state index < -0.39 is 17.8 Å². The molecule has 0 radical (unpaired) electrons. The van der Waals surface area contributed by atoms with Crippen molar-refractivity contribution in [2.45, 2.75) is 44.9 Å². The largest absolute Gasteiger partial charge is 0.508 e. The Morgan fingerprint density at radius 3 is 2.46 bits per heavy atom. The number of nitrogens with zero attached hydrogens (tertiary/aromatic N) is 1. The van der Waals surface area contributed by atoms with Gasteiger partial charge in [0.2, 0.25) is 0 Å². The van der Waals surface area contributed by atoms with Gasteiger partial charge in [0, 0.05) is 49.0 Å². The number of benzene rings is 2. The zero-order valence-electron chi connectivity index (χ0n) is 20.0. The van der Waals surface area contributed by atoms with Crippen molar-refractivity contribution in [3.8, 4) is 17.2 Å². The number of rotatable bonds is 8. The number of allylic oxidation sites excluding steroid dienone is 2. The predicted molar refractivity (Wildman–Crippen MR) is 130 cm³/mol. The predicted octanol–water partition coefficient (Wildman–Crippen LogP) is 3.99. The van der Waals surface area contributed by atoms with Crippen molar-refractivity contribution in [3.63, 3.8) is 0 Å². The average molecular weight is 504 g/mol. The number of imide groups is 1. The van der Waals surface area contributed by atoms with Crippen LogP contribution in [0.4, 0.5) is 0 Å². The number of amides is 2. The molecular formula is C28H25NO8. The summed E-state index contributed by atoms with van der Waals surface area (Å²) < 4.78 is 11.7. The lowest BCUT2D eigenvalue weighted by Crippen LogP contribution is -2.31. The molecule has 5 rings (SSSR count). The number of phenols is 1. The smallest absolute Gasteiger partial charge is 0.333 e. The van der Waals surface area contributed by atoms with Crippen molar-refractivity contribution in [1.82, 2.24) is 5.06 Å². The Labute approximate surface area is 212 Å². The third kappa shape index (κ3) is 5.25. The summed E-state index contributed by atoms with van der Waals surface area (Å²) in [5, 5.41) is 10.5. The minimum atomic E-state index is -0.620. The lowest BCUT2D eigenvalue weighted by molar-refractivity contribution is -0.197. The van der Waals surface area contributed by atoms with Crippen LogP contribution in [0, 0.1) is 0 Å². The van der Waals surface area contributed by atoms with E-state index >= 15 is 0 Å². The fourth-order valence-corrected chi connectivity index (χ4v) is 4.51. The second-order valence-corrected chi connectivity index (χ2v) is 8.99. The van der Waals surface area contributed by atoms with E-state index in [2.05, 4.69) is 0 Å². The number of aromatic hydroxyl groups is 1. The number of fused-ring (bicyclic) bond motifs is 2. The van der Waals surface area contributed by atoms with E-state index in [0.29, 0.717) is 54.6 Å². The Hall–Kier alpha value is -4.40. The van der Waals surface area contributed by atoms with Gasteiger partial charge in [0.05, 0.1) is 6.61 Å². The Kier molecular flexibility index (Phi) is 6.76. The minimum Gasteiger partial charge on any atom is -0.508 e. The summed E-state index contributed by atoms with van der Waals surface area (Å²) in [7, 11) is 0. The highest BCUT2D eigenvalue weighted by Gasteiger charge is 2.32. The van der Waals surface area contributed by atoms with Crippen LogP contribution in [-0.4, -0.2) is 40.3 Å². The summed E-state index contributed by atoms with van der Waals surface area (Å²) in [4.78, 5) is 51.7. The Balaban J connectivity index is 1.19. The van der Waals surface area contributed by atoms with Gasteiger partial charge in [-0.2, -0.15) is 0 Å². The first kappa shape index (κ1) is 24.3. The highest BCUT2D eigenvalue weighted by atomic mass is 16.7. The monoisotopic (exact) mass is 503 g/mol. The molecule has 1 N–H and O–H groups in total. The molecule has 1 saturated heterocycles. The van der Waals surface area contributed by atoms with Crippen LogP contribution in [0.15, 0.2) is 59.9 Å². The number of unbranched alkanes of at least 4 members (excludes halogenated alkanes) is 1. The molecule has 37 heavy (non-hydrogen) atoms. The van der Waals surface area contributed by atoms with Gasteiger partial charge in [-0.15, -0.1) is 5.06 Å². The van der Waals surface area contributed by atoms with Gasteiger partial charge in [0.1, 0.15) is 23.0 Å². The van der Waals surface area contributed by atoms with Crippen molar-refractivity contribution in [3.05, 3.63) is 71.0 Å². The van der Waals surface area contributed by atoms with E-state index in [0.717, 1.165) is 22.3 Å². The Morgan fingerprint density at radius 2 is 1.70 bits per heavy atom. The maximum atomic E-state index is 12.0. The summed E-state index contributed by atoms with van der Waals surface area (Å²) in [5.74, 6) is 0.166. The number of ether oxygens (including phenoxy) is 2. The molecule has 1 fully saturated rings. The van der Waals surface area contributed by atoms with Crippen molar-refractivity contribution in [2.24, 2.45) is 0 Å². The second kappa shape index (κ2) is 10.3. The molecule has 2 aliphatic heterocycles. The molecule has 0 saturated carbocycles. The zero-order chi connectivity index (χ0) is 25.9. The molecule has 2 aromatic carbocycles. The second-order valence-electron chi connectivity index (χ2n) is 8.99. The molecule has 190 valence electrons. The summed E-state index contributed by atoms with van der Waals surface area (Å²) in [6, 6.07) is 12.6. The van der Waals surface area contributed by atoms with Crippen LogP contribution in [0.25, 0.3) is 5.57 Å². The SMILES string of the molecule is O=C1C=C2Oc3cc(O)ccc3C(c3ccc(OCCCCC(=O)ON4C(=O)CCC4=O)cc3)=C2CC1. The molecular weight excluding hydrogens is 478 g/mol. The van der Waals surface area contributed by atoms with Gasteiger partial charge >= 0.3 is 5.97 Å². The van der Waals surface area contributed by atoms with Crippen LogP contribution in [0.3, 0.4) is 0 Å². The molecule has 0 bridgehead atoms. The van der Waals surface area contributed by atoms with Crippen molar-refractivity contribution in [2.75, 3.05) is 6.61 Å². The number of carbonyl (C=O) groups excluding carboxylic acids is 4. The molecule has 0 unspecified atom stereocenters. The first-order chi connectivity index (χ1) is 17.9. The van der Waals surface area contributed by atoms with Crippen LogP contribution in [-0.2, 0) is 24.0 Å². The Bertz CT molecular complexity index is 1320. The zero-order valence-corrected chi connectivity index (χ0v) is 20.0. The fourth-order valence-electron chi connectivity index (χ4n) is 4.51. The average Bonchev–Trinajstić information content (AvgIpc) is 3.19. The van der Waals surface area contributed by atoms with Gasteiger partial charge in [0.15, 0.2) is 5.78 Å². The van der Waals surface area contributed by atoms with E-state index in [1.165, 1.54) is 6.08 Å². The standard InChI is InChI=1S/C28H25NO8/c30-18-6-10-21-23(15-18)36-24-16-19(31)7-11-22(24)28(21)17-4-8-20(9-5-17)35-14-2-1-3-27(34)37-29-25(32)12-13-26(29)33/h4-6,8-10,15-16,30H,1-3,7,11-14H2.